The standard InChI is InChI=1S/C9H15N3O2/c1-6(2)11-9(13)5-10-8-4-7(3)14-12-8/h4,6H,5H2,1-3H3,(H,10,12)(H,11,13). The predicted octanol–water partition coefficient (Wildman–Crippen LogP) is 0.920. The minimum atomic E-state index is -0.0550. The van der Waals surface area contributed by atoms with Gasteiger partial charge in [0.2, 0.25) is 5.91 Å². The molecule has 14 heavy (non-hydrogen) atoms. The summed E-state index contributed by atoms with van der Waals surface area (Å²) >= 11 is 0. The molecule has 0 aliphatic rings. The Kier molecular flexibility index (Phi) is 3.50. The lowest BCUT2D eigenvalue weighted by molar-refractivity contribution is -0.119. The van der Waals surface area contributed by atoms with E-state index in [1.807, 2.05) is 13.8 Å². The van der Waals surface area contributed by atoms with Crippen molar-refractivity contribution >= 4 is 11.7 Å². The Labute approximate surface area is 82.8 Å². The zero-order chi connectivity index (χ0) is 10.6. The maximum absolute atomic E-state index is 11.2. The molecule has 0 bridgehead atoms. The molecule has 0 saturated carbocycles. The Hall–Kier alpha value is -1.52. The summed E-state index contributed by atoms with van der Waals surface area (Å²) in [4.78, 5) is 11.2. The van der Waals surface area contributed by atoms with Crippen LogP contribution in [0.15, 0.2) is 10.6 Å². The average molecular weight is 197 g/mol. The highest BCUT2D eigenvalue weighted by molar-refractivity contribution is 5.80. The van der Waals surface area contributed by atoms with E-state index in [2.05, 4.69) is 15.8 Å². The Morgan fingerprint density at radius 2 is 2.36 bits per heavy atom. The number of anilines is 1. The lowest BCUT2D eigenvalue weighted by Crippen LogP contribution is -2.34. The molecular formula is C9H15N3O2. The molecule has 1 heterocycles. The van der Waals surface area contributed by atoms with Crippen LogP contribution >= 0.6 is 0 Å². The molecule has 1 amide bonds. The summed E-state index contributed by atoms with van der Waals surface area (Å²) in [5.74, 6) is 1.25. The van der Waals surface area contributed by atoms with Gasteiger partial charge in [-0.05, 0) is 20.8 Å². The first-order valence-electron chi connectivity index (χ1n) is 4.54. The molecule has 0 unspecified atom stereocenters. The molecule has 2 N–H and O–H groups in total. The Morgan fingerprint density at radius 3 is 2.86 bits per heavy atom. The molecule has 0 spiro atoms. The highest BCUT2D eigenvalue weighted by Crippen LogP contribution is 2.05. The monoisotopic (exact) mass is 197 g/mol. The van der Waals surface area contributed by atoms with Crippen LogP contribution in [0.1, 0.15) is 19.6 Å². The molecule has 5 heteroatoms. The van der Waals surface area contributed by atoms with E-state index < -0.39 is 0 Å². The third kappa shape index (κ3) is 3.47. The van der Waals surface area contributed by atoms with Crippen molar-refractivity contribution in [2.45, 2.75) is 26.8 Å². The highest BCUT2D eigenvalue weighted by Gasteiger charge is 2.04. The van der Waals surface area contributed by atoms with E-state index in [0.29, 0.717) is 5.82 Å². The molecule has 0 aromatic carbocycles. The number of hydrogen-bond acceptors (Lipinski definition) is 4. The Bertz CT molecular complexity index is 307. The number of amides is 1. The number of nitrogens with zero attached hydrogens (tertiary/aromatic N) is 1. The summed E-state index contributed by atoms with van der Waals surface area (Å²) in [5, 5.41) is 9.31. The van der Waals surface area contributed by atoms with Crippen LogP contribution in [0.3, 0.4) is 0 Å². The fraction of sp³-hybridized carbons (Fsp3) is 0.556. The zero-order valence-electron chi connectivity index (χ0n) is 8.63. The van der Waals surface area contributed by atoms with Crippen LogP contribution in [0.2, 0.25) is 0 Å². The smallest absolute Gasteiger partial charge is 0.239 e. The second kappa shape index (κ2) is 4.64. The summed E-state index contributed by atoms with van der Waals surface area (Å²) in [6.07, 6.45) is 0. The Balaban J connectivity index is 2.30. The van der Waals surface area contributed by atoms with Crippen LogP contribution in [0.25, 0.3) is 0 Å². The number of aryl methyl sites for hydroxylation is 1. The van der Waals surface area contributed by atoms with E-state index in [1.165, 1.54) is 0 Å². The van der Waals surface area contributed by atoms with Crippen LogP contribution in [0.5, 0.6) is 0 Å². The van der Waals surface area contributed by atoms with Gasteiger partial charge in [0, 0.05) is 12.1 Å². The molecule has 0 atom stereocenters. The van der Waals surface area contributed by atoms with Gasteiger partial charge in [0.05, 0.1) is 6.54 Å². The second-order valence-corrected chi connectivity index (χ2v) is 3.40. The van der Waals surface area contributed by atoms with Crippen molar-refractivity contribution in [1.82, 2.24) is 10.5 Å². The van der Waals surface area contributed by atoms with Gasteiger partial charge in [-0.25, -0.2) is 0 Å². The number of nitrogens with one attached hydrogen (secondary N) is 2. The van der Waals surface area contributed by atoms with Crippen molar-refractivity contribution in [3.63, 3.8) is 0 Å². The van der Waals surface area contributed by atoms with E-state index in [4.69, 9.17) is 4.52 Å². The van der Waals surface area contributed by atoms with E-state index in [9.17, 15) is 4.79 Å². The SMILES string of the molecule is Cc1cc(NCC(=O)NC(C)C)no1. The molecule has 5 nitrogen and oxygen atoms in total. The fourth-order valence-corrected chi connectivity index (χ4v) is 0.994. The van der Waals surface area contributed by atoms with Gasteiger partial charge in [-0.15, -0.1) is 0 Å². The van der Waals surface area contributed by atoms with Crippen LogP contribution < -0.4 is 10.6 Å². The molecule has 0 saturated heterocycles. The van der Waals surface area contributed by atoms with Gasteiger partial charge < -0.3 is 15.2 Å². The van der Waals surface area contributed by atoms with Crippen molar-refractivity contribution in [3.8, 4) is 0 Å². The quantitative estimate of drug-likeness (QED) is 0.753. The third-order valence-corrected chi connectivity index (χ3v) is 1.51. The van der Waals surface area contributed by atoms with Gasteiger partial charge in [0.15, 0.2) is 5.82 Å². The van der Waals surface area contributed by atoms with Crippen molar-refractivity contribution in [2.75, 3.05) is 11.9 Å². The first kappa shape index (κ1) is 10.6. The summed E-state index contributed by atoms with van der Waals surface area (Å²) < 4.78 is 4.83. The number of aromatic nitrogens is 1. The molecule has 78 valence electrons. The zero-order valence-corrected chi connectivity index (χ0v) is 8.63. The van der Waals surface area contributed by atoms with E-state index in [1.54, 1.807) is 13.0 Å². The summed E-state index contributed by atoms with van der Waals surface area (Å²) in [7, 11) is 0. The lowest BCUT2D eigenvalue weighted by atomic mass is 10.4. The van der Waals surface area contributed by atoms with Gasteiger partial charge in [-0.2, -0.15) is 0 Å². The third-order valence-electron chi connectivity index (χ3n) is 1.51. The van der Waals surface area contributed by atoms with E-state index in [0.717, 1.165) is 5.76 Å². The van der Waals surface area contributed by atoms with Crippen LogP contribution in [-0.2, 0) is 4.79 Å². The van der Waals surface area contributed by atoms with Crippen molar-refractivity contribution in [1.29, 1.82) is 0 Å². The van der Waals surface area contributed by atoms with Crippen molar-refractivity contribution in [2.24, 2.45) is 0 Å². The highest BCUT2D eigenvalue weighted by atomic mass is 16.5. The second-order valence-electron chi connectivity index (χ2n) is 3.40. The molecule has 1 aromatic rings. The van der Waals surface area contributed by atoms with Gasteiger partial charge in [-0.1, -0.05) is 5.16 Å². The number of hydrogen-bond donors (Lipinski definition) is 2. The van der Waals surface area contributed by atoms with Crippen molar-refractivity contribution in [3.05, 3.63) is 11.8 Å². The maximum Gasteiger partial charge on any atom is 0.239 e. The van der Waals surface area contributed by atoms with Gasteiger partial charge in [-0.3, -0.25) is 4.79 Å². The van der Waals surface area contributed by atoms with Crippen LogP contribution in [-0.4, -0.2) is 23.7 Å². The van der Waals surface area contributed by atoms with E-state index in [-0.39, 0.29) is 18.5 Å². The maximum atomic E-state index is 11.2. The normalized spacial score (nSPS) is 10.3. The van der Waals surface area contributed by atoms with Gasteiger partial charge in [0.1, 0.15) is 5.76 Å². The average Bonchev–Trinajstić information content (AvgIpc) is 2.47. The summed E-state index contributed by atoms with van der Waals surface area (Å²) in [5.41, 5.74) is 0. The molecule has 1 rings (SSSR count). The largest absolute Gasteiger partial charge is 0.360 e. The lowest BCUT2D eigenvalue weighted by Gasteiger charge is -2.07. The van der Waals surface area contributed by atoms with Gasteiger partial charge >= 0.3 is 0 Å². The first-order valence-corrected chi connectivity index (χ1v) is 4.54. The van der Waals surface area contributed by atoms with Crippen molar-refractivity contribution < 1.29 is 9.32 Å². The van der Waals surface area contributed by atoms with Crippen LogP contribution in [0, 0.1) is 6.92 Å². The number of carbonyl (C=O) groups is 1. The summed E-state index contributed by atoms with van der Waals surface area (Å²) in [6.45, 7) is 5.84. The minimum Gasteiger partial charge on any atom is -0.360 e. The minimum absolute atomic E-state index is 0.0550. The fourth-order valence-electron chi connectivity index (χ4n) is 0.994. The van der Waals surface area contributed by atoms with Crippen LogP contribution in [0.4, 0.5) is 5.82 Å². The van der Waals surface area contributed by atoms with Gasteiger partial charge in [0.25, 0.3) is 0 Å². The molecule has 1 aromatic heterocycles. The Morgan fingerprint density at radius 1 is 1.64 bits per heavy atom. The topological polar surface area (TPSA) is 67.2 Å². The predicted molar refractivity (Wildman–Crippen MR) is 53.0 cm³/mol. The number of carbonyl (C=O) groups excluding carboxylic acids is 1. The van der Waals surface area contributed by atoms with E-state index >= 15 is 0 Å². The molecule has 0 radical (unpaired) electrons. The molecular weight excluding hydrogens is 182 g/mol. The summed E-state index contributed by atoms with van der Waals surface area (Å²) in [6, 6.07) is 1.89. The first-order chi connectivity index (χ1) is 6.58. The molecule has 0 aliphatic carbocycles. The number of rotatable bonds is 4. The molecule has 0 aliphatic heterocycles. The molecule has 0 fully saturated rings.